The summed E-state index contributed by atoms with van der Waals surface area (Å²) in [4.78, 5) is 11.5. The van der Waals surface area contributed by atoms with Gasteiger partial charge in [-0.1, -0.05) is 19.1 Å². The van der Waals surface area contributed by atoms with Crippen molar-refractivity contribution in [3.63, 3.8) is 0 Å². The molecular weight excluding hydrogens is 221 g/mol. The maximum atomic E-state index is 13.2. The third-order valence-corrected chi connectivity index (χ3v) is 2.29. The molecule has 1 unspecified atom stereocenters. The first-order chi connectivity index (χ1) is 8.13. The van der Waals surface area contributed by atoms with Crippen LogP contribution in [0.3, 0.4) is 0 Å². The molecular formula is C12H18FN3O. The second-order valence-corrected chi connectivity index (χ2v) is 3.98. The lowest BCUT2D eigenvalue weighted by atomic mass is 10.2. The molecule has 0 spiro atoms. The zero-order valence-electron chi connectivity index (χ0n) is 10.1. The Morgan fingerprint density at radius 1 is 1.35 bits per heavy atom. The van der Waals surface area contributed by atoms with E-state index in [1.165, 1.54) is 12.1 Å². The minimum absolute atomic E-state index is 0.186. The third kappa shape index (κ3) is 4.82. The van der Waals surface area contributed by atoms with Gasteiger partial charge in [-0.05, 0) is 31.6 Å². The van der Waals surface area contributed by atoms with Gasteiger partial charge < -0.3 is 16.0 Å². The van der Waals surface area contributed by atoms with Gasteiger partial charge in [0.2, 0.25) is 0 Å². The van der Waals surface area contributed by atoms with E-state index < -0.39 is 11.8 Å². The molecule has 94 valence electrons. The fourth-order valence-corrected chi connectivity index (χ4v) is 1.42. The molecule has 1 aromatic carbocycles. The lowest BCUT2D eigenvalue weighted by molar-refractivity contribution is 0.250. The highest BCUT2D eigenvalue weighted by atomic mass is 19.1. The molecule has 0 fully saturated rings. The number of nitrogens with one attached hydrogen (secondary N) is 3. The zero-order valence-corrected chi connectivity index (χ0v) is 10.1. The minimum atomic E-state index is -0.439. The average molecular weight is 239 g/mol. The molecule has 0 radical (unpaired) electrons. The Bertz CT molecular complexity index is 371. The van der Waals surface area contributed by atoms with E-state index in [4.69, 9.17) is 0 Å². The van der Waals surface area contributed by atoms with Crippen molar-refractivity contribution in [3.8, 4) is 0 Å². The maximum Gasteiger partial charge on any atom is 0.319 e. The zero-order chi connectivity index (χ0) is 12.7. The molecule has 5 heteroatoms. The monoisotopic (exact) mass is 239 g/mol. The van der Waals surface area contributed by atoms with Crippen molar-refractivity contribution in [2.24, 2.45) is 5.92 Å². The summed E-state index contributed by atoms with van der Waals surface area (Å²) in [5.41, 5.74) is 0.186. The van der Waals surface area contributed by atoms with Crippen molar-refractivity contribution in [2.75, 3.05) is 25.5 Å². The van der Waals surface area contributed by atoms with Gasteiger partial charge in [0.15, 0.2) is 0 Å². The maximum absolute atomic E-state index is 13.2. The molecule has 0 saturated carbocycles. The first kappa shape index (κ1) is 13.4. The van der Waals surface area contributed by atoms with Crippen molar-refractivity contribution in [2.45, 2.75) is 6.92 Å². The van der Waals surface area contributed by atoms with Crippen LogP contribution in [0.1, 0.15) is 6.92 Å². The van der Waals surface area contributed by atoms with Crippen molar-refractivity contribution >= 4 is 11.7 Å². The number of anilines is 1. The van der Waals surface area contributed by atoms with Crippen molar-refractivity contribution in [1.29, 1.82) is 0 Å². The predicted molar refractivity (Wildman–Crippen MR) is 66.5 cm³/mol. The van der Waals surface area contributed by atoms with E-state index in [1.54, 1.807) is 12.1 Å². The van der Waals surface area contributed by atoms with Gasteiger partial charge in [-0.2, -0.15) is 0 Å². The Kier molecular flexibility index (Phi) is 5.42. The Hall–Kier alpha value is -1.62. The van der Waals surface area contributed by atoms with E-state index in [-0.39, 0.29) is 5.69 Å². The van der Waals surface area contributed by atoms with Crippen LogP contribution in [-0.4, -0.2) is 26.2 Å². The van der Waals surface area contributed by atoms with Crippen LogP contribution in [0.4, 0.5) is 14.9 Å². The summed E-state index contributed by atoms with van der Waals surface area (Å²) in [6.45, 7) is 3.38. The fraction of sp³-hybridized carbons (Fsp3) is 0.417. The largest absolute Gasteiger partial charge is 0.338 e. The van der Waals surface area contributed by atoms with E-state index in [2.05, 4.69) is 16.0 Å². The summed E-state index contributed by atoms with van der Waals surface area (Å²) in [5, 5.41) is 8.17. The average Bonchev–Trinajstić information content (AvgIpc) is 2.30. The molecule has 0 aromatic heterocycles. The number of urea groups is 1. The Labute approximate surface area is 101 Å². The molecule has 0 aliphatic rings. The van der Waals surface area contributed by atoms with Crippen molar-refractivity contribution in [1.82, 2.24) is 10.6 Å². The molecule has 3 N–H and O–H groups in total. The van der Waals surface area contributed by atoms with Gasteiger partial charge in [0.25, 0.3) is 0 Å². The number of carbonyl (C=O) groups is 1. The lowest BCUT2D eigenvalue weighted by Gasteiger charge is -2.12. The highest BCUT2D eigenvalue weighted by Gasteiger charge is 2.07. The molecule has 2 amide bonds. The molecule has 0 bridgehead atoms. The molecule has 1 aromatic rings. The van der Waals surface area contributed by atoms with Crippen LogP contribution in [0, 0.1) is 11.7 Å². The molecule has 1 rings (SSSR count). The number of amides is 2. The lowest BCUT2D eigenvalue weighted by Crippen LogP contribution is -2.35. The Morgan fingerprint density at radius 3 is 2.71 bits per heavy atom. The summed E-state index contributed by atoms with van der Waals surface area (Å²) in [5.74, 6) is -0.114. The van der Waals surface area contributed by atoms with E-state index in [0.717, 1.165) is 6.54 Å². The van der Waals surface area contributed by atoms with E-state index >= 15 is 0 Å². The quantitative estimate of drug-likeness (QED) is 0.734. The number of benzene rings is 1. The van der Waals surface area contributed by atoms with Gasteiger partial charge in [-0.3, -0.25) is 0 Å². The van der Waals surface area contributed by atoms with Gasteiger partial charge in [-0.15, -0.1) is 0 Å². The van der Waals surface area contributed by atoms with Crippen LogP contribution in [-0.2, 0) is 0 Å². The molecule has 0 saturated heterocycles. The van der Waals surface area contributed by atoms with Gasteiger partial charge in [0.05, 0.1) is 5.69 Å². The molecule has 0 heterocycles. The van der Waals surface area contributed by atoms with Crippen molar-refractivity contribution in [3.05, 3.63) is 30.1 Å². The summed E-state index contributed by atoms with van der Waals surface area (Å²) in [6, 6.07) is 5.68. The normalized spacial score (nSPS) is 11.9. The number of hydrogen-bond donors (Lipinski definition) is 3. The Morgan fingerprint density at radius 2 is 2.06 bits per heavy atom. The second kappa shape index (κ2) is 6.85. The molecule has 1 atom stereocenters. The van der Waals surface area contributed by atoms with Crippen LogP contribution < -0.4 is 16.0 Å². The highest BCUT2D eigenvalue weighted by Crippen LogP contribution is 2.11. The third-order valence-electron chi connectivity index (χ3n) is 2.29. The second-order valence-electron chi connectivity index (χ2n) is 3.98. The van der Waals surface area contributed by atoms with Gasteiger partial charge in [0.1, 0.15) is 5.82 Å². The topological polar surface area (TPSA) is 53.2 Å². The number of para-hydroxylation sites is 1. The first-order valence-electron chi connectivity index (χ1n) is 5.57. The van der Waals surface area contributed by atoms with E-state index in [0.29, 0.717) is 12.5 Å². The van der Waals surface area contributed by atoms with Crippen LogP contribution in [0.2, 0.25) is 0 Å². The van der Waals surface area contributed by atoms with Crippen molar-refractivity contribution < 1.29 is 9.18 Å². The number of rotatable bonds is 5. The summed E-state index contributed by atoms with van der Waals surface area (Å²) in [6.07, 6.45) is 0. The van der Waals surface area contributed by atoms with Crippen LogP contribution in [0.5, 0.6) is 0 Å². The predicted octanol–water partition coefficient (Wildman–Crippen LogP) is 1.80. The van der Waals surface area contributed by atoms with Gasteiger partial charge in [-0.25, -0.2) is 9.18 Å². The first-order valence-corrected chi connectivity index (χ1v) is 5.57. The smallest absolute Gasteiger partial charge is 0.319 e. The number of hydrogen-bond acceptors (Lipinski definition) is 2. The number of carbonyl (C=O) groups excluding carboxylic acids is 1. The van der Waals surface area contributed by atoms with Gasteiger partial charge in [0, 0.05) is 6.54 Å². The number of halogens is 1. The van der Waals surface area contributed by atoms with Crippen LogP contribution >= 0.6 is 0 Å². The fourth-order valence-electron chi connectivity index (χ4n) is 1.42. The summed E-state index contributed by atoms with van der Waals surface area (Å²) in [7, 11) is 1.86. The summed E-state index contributed by atoms with van der Waals surface area (Å²) >= 11 is 0. The molecule has 17 heavy (non-hydrogen) atoms. The molecule has 4 nitrogen and oxygen atoms in total. The van der Waals surface area contributed by atoms with E-state index in [1.807, 2.05) is 14.0 Å². The van der Waals surface area contributed by atoms with E-state index in [9.17, 15) is 9.18 Å². The molecule has 0 aliphatic heterocycles. The summed E-state index contributed by atoms with van der Waals surface area (Å²) < 4.78 is 13.2. The highest BCUT2D eigenvalue weighted by molar-refractivity contribution is 5.89. The minimum Gasteiger partial charge on any atom is -0.338 e. The Balaban J connectivity index is 2.37. The standard InChI is InChI=1S/C12H18FN3O/c1-9(7-14-2)8-15-12(17)16-11-6-4-3-5-10(11)13/h3-6,9,14H,7-8H2,1-2H3,(H2,15,16,17). The van der Waals surface area contributed by atoms with Crippen LogP contribution in [0.15, 0.2) is 24.3 Å². The SMILES string of the molecule is CNCC(C)CNC(=O)Nc1ccccc1F. The van der Waals surface area contributed by atoms with Crippen LogP contribution in [0.25, 0.3) is 0 Å². The molecule has 0 aliphatic carbocycles. The van der Waals surface area contributed by atoms with Gasteiger partial charge >= 0.3 is 6.03 Å².